The molecule has 0 fully saturated rings. The number of nitrogens with two attached hydrogens (primary N) is 1. The molecule has 1 aliphatic heterocycles. The van der Waals surface area contributed by atoms with Crippen LogP contribution in [0.25, 0.3) is 0 Å². The van der Waals surface area contributed by atoms with Gasteiger partial charge in [-0.2, -0.15) is 0 Å². The maximum Gasteiger partial charge on any atom is 0.0682 e. The molecular weight excluding hydrogens is 252 g/mol. The normalized spacial score (nSPS) is 13.6. The van der Waals surface area contributed by atoms with Crippen LogP contribution >= 0.6 is 0 Å². The first-order valence-electron chi connectivity index (χ1n) is 6.66. The van der Waals surface area contributed by atoms with E-state index in [2.05, 4.69) is 11.0 Å². The molecule has 0 saturated heterocycles. The lowest BCUT2D eigenvalue weighted by molar-refractivity contribution is 0.275. The van der Waals surface area contributed by atoms with Gasteiger partial charge in [-0.05, 0) is 46.5 Å². The first-order valence-corrected chi connectivity index (χ1v) is 6.66. The minimum atomic E-state index is -0.0193. The van der Waals surface area contributed by atoms with Gasteiger partial charge in [-0.15, -0.1) is 0 Å². The summed E-state index contributed by atoms with van der Waals surface area (Å²) >= 11 is 0. The molecule has 1 aliphatic rings. The Bertz CT molecular complexity index is 618. The zero-order valence-corrected chi connectivity index (χ0v) is 11.2. The molecule has 0 aliphatic carbocycles. The van der Waals surface area contributed by atoms with Crippen molar-refractivity contribution < 1.29 is 10.2 Å². The minimum Gasteiger partial charge on any atom is -0.399 e. The summed E-state index contributed by atoms with van der Waals surface area (Å²) in [6.07, 6.45) is 0. The molecule has 104 valence electrons. The number of fused-ring (bicyclic) bond motifs is 1. The van der Waals surface area contributed by atoms with Gasteiger partial charge in [-0.25, -0.2) is 0 Å². The summed E-state index contributed by atoms with van der Waals surface area (Å²) < 4.78 is 0. The third-order valence-electron chi connectivity index (χ3n) is 3.72. The average Bonchev–Trinajstić information content (AvgIpc) is 2.89. The fourth-order valence-electron chi connectivity index (χ4n) is 2.71. The van der Waals surface area contributed by atoms with Crippen molar-refractivity contribution in [2.75, 3.05) is 10.6 Å². The van der Waals surface area contributed by atoms with Gasteiger partial charge in [-0.1, -0.05) is 12.1 Å². The number of aliphatic hydroxyl groups is 2. The van der Waals surface area contributed by atoms with Crippen LogP contribution < -0.4 is 10.6 Å². The van der Waals surface area contributed by atoms with Crippen molar-refractivity contribution in [2.45, 2.75) is 26.3 Å². The Morgan fingerprint density at radius 1 is 0.900 bits per heavy atom. The molecule has 0 radical (unpaired) electrons. The fourth-order valence-corrected chi connectivity index (χ4v) is 2.71. The van der Waals surface area contributed by atoms with E-state index in [1.54, 1.807) is 0 Å². The van der Waals surface area contributed by atoms with E-state index in [0.717, 1.165) is 35.6 Å². The average molecular weight is 270 g/mol. The van der Waals surface area contributed by atoms with Crippen LogP contribution in [0, 0.1) is 0 Å². The Morgan fingerprint density at radius 2 is 1.55 bits per heavy atom. The Balaban J connectivity index is 1.92. The van der Waals surface area contributed by atoms with Crippen molar-refractivity contribution in [3.63, 3.8) is 0 Å². The summed E-state index contributed by atoms with van der Waals surface area (Å²) in [4.78, 5) is 2.22. The Labute approximate surface area is 118 Å². The van der Waals surface area contributed by atoms with Gasteiger partial charge in [0.1, 0.15) is 0 Å². The number of aliphatic hydroxyl groups excluding tert-OH is 2. The lowest BCUT2D eigenvalue weighted by Gasteiger charge is -2.19. The number of nitrogens with zero attached hydrogens (tertiary/aromatic N) is 1. The highest BCUT2D eigenvalue weighted by Gasteiger charge is 2.19. The minimum absolute atomic E-state index is 0.0193. The first kappa shape index (κ1) is 13.0. The molecule has 0 amide bonds. The molecule has 0 aromatic heterocycles. The van der Waals surface area contributed by atoms with Crippen LogP contribution in [0.3, 0.4) is 0 Å². The standard InChI is InChI=1S/C16H18N2O2/c17-15-2-1-13-7-18(8-14(13)6-15)16-4-11(9-19)3-12(5-16)10-20/h1-6,19-20H,7-10,17H2. The summed E-state index contributed by atoms with van der Waals surface area (Å²) in [5.41, 5.74) is 11.8. The molecule has 3 rings (SSSR count). The van der Waals surface area contributed by atoms with E-state index < -0.39 is 0 Å². The van der Waals surface area contributed by atoms with Crippen molar-refractivity contribution in [1.82, 2.24) is 0 Å². The van der Waals surface area contributed by atoms with Gasteiger partial charge in [0, 0.05) is 24.5 Å². The van der Waals surface area contributed by atoms with Crippen LogP contribution in [0.15, 0.2) is 36.4 Å². The summed E-state index contributed by atoms with van der Waals surface area (Å²) in [5, 5.41) is 18.6. The molecule has 0 atom stereocenters. The van der Waals surface area contributed by atoms with Crippen molar-refractivity contribution in [3.8, 4) is 0 Å². The summed E-state index contributed by atoms with van der Waals surface area (Å²) in [6, 6.07) is 11.8. The lowest BCUT2D eigenvalue weighted by Crippen LogP contribution is -2.15. The lowest BCUT2D eigenvalue weighted by atomic mass is 10.1. The number of hydrogen-bond acceptors (Lipinski definition) is 4. The SMILES string of the molecule is Nc1ccc2c(c1)CN(c1cc(CO)cc(CO)c1)C2. The highest BCUT2D eigenvalue weighted by molar-refractivity contribution is 5.57. The third kappa shape index (κ3) is 2.35. The van der Waals surface area contributed by atoms with Crippen LogP contribution in [0.5, 0.6) is 0 Å². The zero-order valence-electron chi connectivity index (χ0n) is 11.2. The number of anilines is 2. The van der Waals surface area contributed by atoms with Crippen LogP contribution in [0.4, 0.5) is 11.4 Å². The Morgan fingerprint density at radius 3 is 2.20 bits per heavy atom. The number of hydrogen-bond donors (Lipinski definition) is 3. The number of benzene rings is 2. The van der Waals surface area contributed by atoms with Crippen molar-refractivity contribution in [3.05, 3.63) is 58.7 Å². The molecule has 4 nitrogen and oxygen atoms in total. The van der Waals surface area contributed by atoms with Crippen LogP contribution in [-0.4, -0.2) is 10.2 Å². The van der Waals surface area contributed by atoms with Crippen LogP contribution in [0.2, 0.25) is 0 Å². The van der Waals surface area contributed by atoms with Crippen LogP contribution in [-0.2, 0) is 26.3 Å². The van der Waals surface area contributed by atoms with Crippen molar-refractivity contribution >= 4 is 11.4 Å². The molecule has 2 aromatic carbocycles. The summed E-state index contributed by atoms with van der Waals surface area (Å²) in [6.45, 7) is 1.60. The predicted molar refractivity (Wildman–Crippen MR) is 79.0 cm³/mol. The van der Waals surface area contributed by atoms with Gasteiger partial charge in [0.2, 0.25) is 0 Å². The molecular formula is C16H18N2O2. The maximum atomic E-state index is 9.32. The molecule has 0 saturated carbocycles. The molecule has 0 bridgehead atoms. The highest BCUT2D eigenvalue weighted by atomic mass is 16.3. The second-order valence-electron chi connectivity index (χ2n) is 5.21. The maximum absolute atomic E-state index is 9.32. The summed E-state index contributed by atoms with van der Waals surface area (Å²) in [7, 11) is 0. The quantitative estimate of drug-likeness (QED) is 0.744. The van der Waals surface area contributed by atoms with Crippen molar-refractivity contribution in [1.29, 1.82) is 0 Å². The van der Waals surface area contributed by atoms with Gasteiger partial charge >= 0.3 is 0 Å². The number of nitrogen functional groups attached to an aromatic ring is 1. The highest BCUT2D eigenvalue weighted by Crippen LogP contribution is 2.30. The van der Waals surface area contributed by atoms with E-state index in [1.165, 1.54) is 11.1 Å². The third-order valence-corrected chi connectivity index (χ3v) is 3.72. The molecule has 0 unspecified atom stereocenters. The largest absolute Gasteiger partial charge is 0.399 e. The van der Waals surface area contributed by atoms with Gasteiger partial charge in [0.15, 0.2) is 0 Å². The van der Waals surface area contributed by atoms with Gasteiger partial charge in [0.25, 0.3) is 0 Å². The Hall–Kier alpha value is -2.04. The second-order valence-corrected chi connectivity index (χ2v) is 5.21. The van der Waals surface area contributed by atoms with E-state index >= 15 is 0 Å². The second kappa shape index (κ2) is 5.15. The molecule has 1 heterocycles. The molecule has 0 spiro atoms. The van der Waals surface area contributed by atoms with E-state index in [9.17, 15) is 10.2 Å². The molecule has 4 heteroatoms. The zero-order chi connectivity index (χ0) is 14.1. The molecule has 4 N–H and O–H groups in total. The molecule has 20 heavy (non-hydrogen) atoms. The van der Waals surface area contributed by atoms with E-state index in [1.807, 2.05) is 30.3 Å². The summed E-state index contributed by atoms with van der Waals surface area (Å²) in [5.74, 6) is 0. The van der Waals surface area contributed by atoms with Gasteiger partial charge in [-0.3, -0.25) is 0 Å². The van der Waals surface area contributed by atoms with Gasteiger partial charge in [0.05, 0.1) is 13.2 Å². The number of rotatable bonds is 3. The monoisotopic (exact) mass is 270 g/mol. The Kier molecular flexibility index (Phi) is 3.34. The van der Waals surface area contributed by atoms with Crippen molar-refractivity contribution in [2.24, 2.45) is 0 Å². The van der Waals surface area contributed by atoms with Crippen LogP contribution in [0.1, 0.15) is 22.3 Å². The first-order chi connectivity index (χ1) is 9.69. The van der Waals surface area contributed by atoms with Gasteiger partial charge < -0.3 is 20.8 Å². The fraction of sp³-hybridized carbons (Fsp3) is 0.250. The predicted octanol–water partition coefficient (Wildman–Crippen LogP) is 1.77. The topological polar surface area (TPSA) is 69.7 Å². The smallest absolute Gasteiger partial charge is 0.0682 e. The van der Waals surface area contributed by atoms with E-state index in [-0.39, 0.29) is 13.2 Å². The van der Waals surface area contributed by atoms with E-state index in [0.29, 0.717) is 0 Å². The molecule has 2 aromatic rings. The van der Waals surface area contributed by atoms with E-state index in [4.69, 9.17) is 5.73 Å².